The molecule has 20 heavy (non-hydrogen) atoms. The summed E-state index contributed by atoms with van der Waals surface area (Å²) in [5.41, 5.74) is 1.64. The van der Waals surface area contributed by atoms with Gasteiger partial charge in [0.05, 0.1) is 18.9 Å². The average molecular weight is 279 g/mol. The van der Waals surface area contributed by atoms with Crippen LogP contribution in [-0.4, -0.2) is 30.2 Å². The molecule has 1 amide bonds. The molecule has 2 N–H and O–H groups in total. The van der Waals surface area contributed by atoms with Crippen LogP contribution < -0.4 is 5.32 Å². The van der Waals surface area contributed by atoms with Crippen molar-refractivity contribution < 1.29 is 19.4 Å². The SMILES string of the molecule is CCOCCC(=O)Nc1ccc(CC(C)C(=O)O)cc1. The number of carbonyl (C=O) groups is 2. The Bertz CT molecular complexity index is 442. The first-order chi connectivity index (χ1) is 9.52. The van der Waals surface area contributed by atoms with Crippen molar-refractivity contribution in [3.8, 4) is 0 Å². The van der Waals surface area contributed by atoms with E-state index in [1.54, 1.807) is 19.1 Å². The highest BCUT2D eigenvalue weighted by Gasteiger charge is 2.11. The Morgan fingerprint density at radius 3 is 2.50 bits per heavy atom. The second-order valence-corrected chi connectivity index (χ2v) is 4.64. The van der Waals surface area contributed by atoms with Crippen LogP contribution in [0.4, 0.5) is 5.69 Å². The molecule has 0 saturated carbocycles. The fraction of sp³-hybridized carbons (Fsp3) is 0.467. The van der Waals surface area contributed by atoms with Crippen LogP contribution in [0.3, 0.4) is 0 Å². The van der Waals surface area contributed by atoms with Crippen LogP contribution >= 0.6 is 0 Å². The van der Waals surface area contributed by atoms with Crippen molar-refractivity contribution in [1.82, 2.24) is 0 Å². The van der Waals surface area contributed by atoms with E-state index in [0.717, 1.165) is 5.56 Å². The van der Waals surface area contributed by atoms with Gasteiger partial charge in [-0.25, -0.2) is 0 Å². The Morgan fingerprint density at radius 1 is 1.30 bits per heavy atom. The van der Waals surface area contributed by atoms with E-state index in [2.05, 4.69) is 5.32 Å². The second-order valence-electron chi connectivity index (χ2n) is 4.64. The number of aliphatic carboxylic acids is 1. The second kappa shape index (κ2) is 8.32. The summed E-state index contributed by atoms with van der Waals surface area (Å²) in [6.45, 7) is 4.57. The van der Waals surface area contributed by atoms with Gasteiger partial charge in [-0.3, -0.25) is 9.59 Å². The molecule has 1 atom stereocenters. The van der Waals surface area contributed by atoms with Crippen LogP contribution in [-0.2, 0) is 20.7 Å². The lowest BCUT2D eigenvalue weighted by molar-refractivity contribution is -0.141. The molecule has 5 heteroatoms. The van der Waals surface area contributed by atoms with E-state index in [4.69, 9.17) is 9.84 Å². The van der Waals surface area contributed by atoms with Gasteiger partial charge in [0, 0.05) is 12.3 Å². The Balaban J connectivity index is 2.46. The summed E-state index contributed by atoms with van der Waals surface area (Å²) in [7, 11) is 0. The minimum Gasteiger partial charge on any atom is -0.481 e. The highest BCUT2D eigenvalue weighted by Crippen LogP contribution is 2.13. The van der Waals surface area contributed by atoms with Gasteiger partial charge in [-0.2, -0.15) is 0 Å². The van der Waals surface area contributed by atoms with E-state index in [1.807, 2.05) is 19.1 Å². The third kappa shape index (κ3) is 5.84. The van der Waals surface area contributed by atoms with E-state index in [0.29, 0.717) is 31.7 Å². The van der Waals surface area contributed by atoms with Crippen molar-refractivity contribution in [3.05, 3.63) is 29.8 Å². The molecule has 0 aliphatic rings. The van der Waals surface area contributed by atoms with E-state index >= 15 is 0 Å². The number of hydrogen-bond donors (Lipinski definition) is 2. The minimum atomic E-state index is -0.807. The lowest BCUT2D eigenvalue weighted by atomic mass is 10.0. The van der Waals surface area contributed by atoms with Crippen LogP contribution in [0.5, 0.6) is 0 Å². The summed E-state index contributed by atoms with van der Waals surface area (Å²) in [5, 5.41) is 11.6. The lowest BCUT2D eigenvalue weighted by Gasteiger charge is -2.08. The highest BCUT2D eigenvalue weighted by molar-refractivity contribution is 5.90. The average Bonchev–Trinajstić information content (AvgIpc) is 2.41. The van der Waals surface area contributed by atoms with Gasteiger partial charge in [-0.1, -0.05) is 19.1 Å². The highest BCUT2D eigenvalue weighted by atomic mass is 16.5. The predicted molar refractivity (Wildman–Crippen MR) is 76.7 cm³/mol. The number of ether oxygens (including phenoxy) is 1. The van der Waals surface area contributed by atoms with Crippen LogP contribution in [0.25, 0.3) is 0 Å². The van der Waals surface area contributed by atoms with Gasteiger partial charge in [0.25, 0.3) is 0 Å². The maximum atomic E-state index is 11.6. The van der Waals surface area contributed by atoms with Crippen LogP contribution in [0.2, 0.25) is 0 Å². The molecule has 0 aliphatic carbocycles. The zero-order chi connectivity index (χ0) is 15.0. The molecule has 0 aromatic heterocycles. The molecule has 0 aliphatic heterocycles. The van der Waals surface area contributed by atoms with Crippen molar-refractivity contribution in [1.29, 1.82) is 0 Å². The molecule has 1 unspecified atom stereocenters. The summed E-state index contributed by atoms with van der Waals surface area (Å²) in [5.74, 6) is -1.31. The van der Waals surface area contributed by atoms with Crippen molar-refractivity contribution in [2.24, 2.45) is 5.92 Å². The standard InChI is InChI=1S/C15H21NO4/c1-3-20-9-8-14(17)16-13-6-4-12(5-7-13)10-11(2)15(18)19/h4-7,11H,3,8-10H2,1-2H3,(H,16,17)(H,18,19). The number of nitrogens with one attached hydrogen (secondary N) is 1. The Morgan fingerprint density at radius 2 is 1.95 bits per heavy atom. The first kappa shape index (κ1) is 16.2. The van der Waals surface area contributed by atoms with Gasteiger partial charge in [0.1, 0.15) is 0 Å². The fourth-order valence-electron chi connectivity index (χ4n) is 1.70. The summed E-state index contributed by atoms with van der Waals surface area (Å²) >= 11 is 0. The monoisotopic (exact) mass is 279 g/mol. The zero-order valence-corrected chi connectivity index (χ0v) is 11.9. The third-order valence-electron chi connectivity index (χ3n) is 2.88. The van der Waals surface area contributed by atoms with Gasteiger partial charge in [0.15, 0.2) is 0 Å². The molecular weight excluding hydrogens is 258 g/mol. The number of benzene rings is 1. The van der Waals surface area contributed by atoms with E-state index in [1.165, 1.54) is 0 Å². The Labute approximate surface area is 118 Å². The molecule has 110 valence electrons. The number of carbonyl (C=O) groups excluding carboxylic acids is 1. The molecule has 0 radical (unpaired) electrons. The quantitative estimate of drug-likeness (QED) is 0.716. The van der Waals surface area contributed by atoms with Crippen molar-refractivity contribution in [3.63, 3.8) is 0 Å². The smallest absolute Gasteiger partial charge is 0.306 e. The minimum absolute atomic E-state index is 0.0925. The molecule has 1 aromatic rings. The van der Waals surface area contributed by atoms with Crippen molar-refractivity contribution in [2.45, 2.75) is 26.7 Å². The predicted octanol–water partition coefficient (Wildman–Crippen LogP) is 2.31. The Kier molecular flexibility index (Phi) is 6.73. The normalized spacial score (nSPS) is 11.9. The largest absolute Gasteiger partial charge is 0.481 e. The summed E-state index contributed by atoms with van der Waals surface area (Å²) in [6.07, 6.45) is 0.805. The first-order valence-corrected chi connectivity index (χ1v) is 6.72. The maximum absolute atomic E-state index is 11.6. The molecule has 0 heterocycles. The summed E-state index contributed by atoms with van der Waals surface area (Å²) < 4.78 is 5.11. The molecule has 0 saturated heterocycles. The molecular formula is C15H21NO4. The summed E-state index contributed by atoms with van der Waals surface area (Å²) in [4.78, 5) is 22.3. The van der Waals surface area contributed by atoms with Gasteiger partial charge in [-0.15, -0.1) is 0 Å². The van der Waals surface area contributed by atoms with Gasteiger partial charge in [0.2, 0.25) is 5.91 Å². The molecule has 1 rings (SSSR count). The number of carboxylic acid groups (broad SMARTS) is 1. The van der Waals surface area contributed by atoms with Crippen molar-refractivity contribution in [2.75, 3.05) is 18.5 Å². The zero-order valence-electron chi connectivity index (χ0n) is 11.9. The number of rotatable bonds is 8. The topological polar surface area (TPSA) is 75.6 Å². The number of carboxylic acids is 1. The van der Waals surface area contributed by atoms with E-state index in [9.17, 15) is 9.59 Å². The van der Waals surface area contributed by atoms with Crippen molar-refractivity contribution >= 4 is 17.6 Å². The fourth-order valence-corrected chi connectivity index (χ4v) is 1.70. The van der Waals surface area contributed by atoms with Gasteiger partial charge >= 0.3 is 5.97 Å². The number of hydrogen-bond acceptors (Lipinski definition) is 3. The van der Waals surface area contributed by atoms with Crippen LogP contribution in [0.15, 0.2) is 24.3 Å². The number of amides is 1. The molecule has 0 fully saturated rings. The molecule has 5 nitrogen and oxygen atoms in total. The van der Waals surface area contributed by atoms with Gasteiger partial charge < -0.3 is 15.2 Å². The van der Waals surface area contributed by atoms with E-state index < -0.39 is 11.9 Å². The summed E-state index contributed by atoms with van der Waals surface area (Å²) in [6, 6.07) is 7.22. The van der Waals surface area contributed by atoms with Crippen LogP contribution in [0.1, 0.15) is 25.8 Å². The number of anilines is 1. The third-order valence-corrected chi connectivity index (χ3v) is 2.88. The van der Waals surface area contributed by atoms with Crippen LogP contribution in [0, 0.1) is 5.92 Å². The Hall–Kier alpha value is -1.88. The van der Waals surface area contributed by atoms with E-state index in [-0.39, 0.29) is 5.91 Å². The first-order valence-electron chi connectivity index (χ1n) is 6.72. The molecule has 0 spiro atoms. The maximum Gasteiger partial charge on any atom is 0.306 e. The molecule has 1 aromatic carbocycles. The lowest BCUT2D eigenvalue weighted by Crippen LogP contribution is -2.14. The van der Waals surface area contributed by atoms with Gasteiger partial charge in [-0.05, 0) is 31.0 Å². The molecule has 0 bridgehead atoms.